The monoisotopic (exact) mass is 295 g/mol. The highest BCUT2D eigenvalue weighted by Gasteiger charge is 2.06. The minimum Gasteiger partial charge on any atom is -0.348 e. The molecule has 0 aromatic heterocycles. The molecule has 2 nitrogen and oxygen atoms in total. The molecule has 3 heteroatoms. The summed E-state index contributed by atoms with van der Waals surface area (Å²) < 4.78 is 0. The number of nitrogens with one attached hydrogen (secondary N) is 1. The number of fused-ring (bicyclic) bond motifs is 1. The average Bonchev–Trinajstić information content (AvgIpc) is 2.52. The molecule has 0 unspecified atom stereocenters. The molecule has 0 saturated carbocycles. The molecule has 3 aromatic rings. The quantitative estimate of drug-likeness (QED) is 0.761. The van der Waals surface area contributed by atoms with Gasteiger partial charge in [-0.2, -0.15) is 0 Å². The summed E-state index contributed by atoms with van der Waals surface area (Å²) >= 11 is 5.93. The topological polar surface area (TPSA) is 29.1 Å². The number of benzene rings is 3. The van der Waals surface area contributed by atoms with Crippen molar-refractivity contribution in [1.29, 1.82) is 0 Å². The second-order valence-corrected chi connectivity index (χ2v) is 5.31. The van der Waals surface area contributed by atoms with Gasteiger partial charge in [-0.25, -0.2) is 0 Å². The van der Waals surface area contributed by atoms with Gasteiger partial charge in [0.1, 0.15) is 0 Å². The number of carbonyl (C=O) groups is 1. The number of carbonyl (C=O) groups excluding carboxylic acids is 1. The Morgan fingerprint density at radius 3 is 2.52 bits per heavy atom. The summed E-state index contributed by atoms with van der Waals surface area (Å²) in [4.78, 5) is 12.2. The van der Waals surface area contributed by atoms with Gasteiger partial charge in [-0.05, 0) is 40.6 Å². The third kappa shape index (κ3) is 3.23. The largest absolute Gasteiger partial charge is 0.348 e. The smallest absolute Gasteiger partial charge is 0.251 e. The van der Waals surface area contributed by atoms with Crippen molar-refractivity contribution in [2.24, 2.45) is 0 Å². The van der Waals surface area contributed by atoms with Crippen molar-refractivity contribution in [2.75, 3.05) is 0 Å². The van der Waals surface area contributed by atoms with Crippen LogP contribution in [0.2, 0.25) is 5.02 Å². The van der Waals surface area contributed by atoms with Crippen LogP contribution in [0.3, 0.4) is 0 Å². The highest BCUT2D eigenvalue weighted by atomic mass is 35.5. The summed E-state index contributed by atoms with van der Waals surface area (Å²) in [5.74, 6) is -0.0827. The van der Waals surface area contributed by atoms with E-state index in [0.717, 1.165) is 16.3 Å². The lowest BCUT2D eigenvalue weighted by Crippen LogP contribution is -2.22. The van der Waals surface area contributed by atoms with Crippen molar-refractivity contribution in [3.8, 4) is 0 Å². The molecule has 21 heavy (non-hydrogen) atoms. The first-order chi connectivity index (χ1) is 10.2. The molecule has 0 spiro atoms. The van der Waals surface area contributed by atoms with E-state index in [4.69, 9.17) is 11.6 Å². The van der Waals surface area contributed by atoms with Crippen LogP contribution in [0.25, 0.3) is 10.8 Å². The zero-order valence-corrected chi connectivity index (χ0v) is 12.1. The lowest BCUT2D eigenvalue weighted by molar-refractivity contribution is 0.0951. The van der Waals surface area contributed by atoms with E-state index < -0.39 is 0 Å². The molecule has 0 radical (unpaired) electrons. The van der Waals surface area contributed by atoms with E-state index in [1.54, 1.807) is 0 Å². The van der Waals surface area contributed by atoms with Gasteiger partial charge in [0.2, 0.25) is 0 Å². The van der Waals surface area contributed by atoms with Gasteiger partial charge in [-0.3, -0.25) is 4.79 Å². The first-order valence-corrected chi connectivity index (χ1v) is 7.11. The van der Waals surface area contributed by atoms with E-state index in [1.807, 2.05) is 66.7 Å². The molecule has 0 aliphatic carbocycles. The summed E-state index contributed by atoms with van der Waals surface area (Å²) in [6.07, 6.45) is 0. The number of amides is 1. The van der Waals surface area contributed by atoms with Gasteiger partial charge in [0, 0.05) is 17.1 Å². The zero-order valence-electron chi connectivity index (χ0n) is 11.3. The number of hydrogen-bond acceptors (Lipinski definition) is 1. The van der Waals surface area contributed by atoms with Gasteiger partial charge >= 0.3 is 0 Å². The normalized spacial score (nSPS) is 10.5. The molecule has 0 aliphatic rings. The predicted molar refractivity (Wildman–Crippen MR) is 86.6 cm³/mol. The maximum absolute atomic E-state index is 12.2. The summed E-state index contributed by atoms with van der Waals surface area (Å²) in [6, 6.07) is 21.2. The van der Waals surface area contributed by atoms with Gasteiger partial charge in [0.25, 0.3) is 5.91 Å². The van der Waals surface area contributed by atoms with E-state index in [2.05, 4.69) is 5.32 Å². The van der Waals surface area contributed by atoms with E-state index >= 15 is 0 Å². The van der Waals surface area contributed by atoms with Crippen molar-refractivity contribution in [3.05, 3.63) is 82.9 Å². The third-order valence-electron chi connectivity index (χ3n) is 3.35. The molecule has 0 atom stereocenters. The fourth-order valence-corrected chi connectivity index (χ4v) is 2.47. The molecule has 0 heterocycles. The Hall–Kier alpha value is -2.32. The van der Waals surface area contributed by atoms with E-state index in [1.165, 1.54) is 0 Å². The second kappa shape index (κ2) is 5.98. The Morgan fingerprint density at radius 2 is 1.71 bits per heavy atom. The van der Waals surface area contributed by atoms with Crippen LogP contribution in [-0.4, -0.2) is 5.91 Å². The van der Waals surface area contributed by atoms with Gasteiger partial charge in [-0.1, -0.05) is 54.1 Å². The molecule has 3 rings (SSSR count). The molecule has 1 N–H and O–H groups in total. The second-order valence-electron chi connectivity index (χ2n) is 4.87. The van der Waals surface area contributed by atoms with E-state index in [0.29, 0.717) is 17.1 Å². The van der Waals surface area contributed by atoms with Crippen LogP contribution in [0.1, 0.15) is 15.9 Å². The standard InChI is InChI=1S/C18H14ClNO/c19-17-7-3-4-13(10-17)12-20-18(21)16-9-8-14-5-1-2-6-15(14)11-16/h1-11H,12H2,(H,20,21). The minimum atomic E-state index is -0.0827. The van der Waals surface area contributed by atoms with Crippen molar-refractivity contribution in [3.63, 3.8) is 0 Å². The predicted octanol–water partition coefficient (Wildman–Crippen LogP) is 4.42. The Bertz CT molecular complexity index is 798. The molecular formula is C18H14ClNO. The lowest BCUT2D eigenvalue weighted by atomic mass is 10.1. The Balaban J connectivity index is 1.74. The van der Waals surface area contributed by atoms with Crippen LogP contribution in [-0.2, 0) is 6.54 Å². The van der Waals surface area contributed by atoms with Crippen LogP contribution < -0.4 is 5.32 Å². The molecule has 0 fully saturated rings. The number of hydrogen-bond donors (Lipinski definition) is 1. The van der Waals surface area contributed by atoms with E-state index in [-0.39, 0.29) is 5.91 Å². The molecule has 104 valence electrons. The van der Waals surface area contributed by atoms with Crippen molar-refractivity contribution in [1.82, 2.24) is 5.32 Å². The summed E-state index contributed by atoms with van der Waals surface area (Å²) in [5, 5.41) is 5.77. The molecule has 0 aliphatic heterocycles. The number of rotatable bonds is 3. The van der Waals surface area contributed by atoms with Crippen LogP contribution >= 0.6 is 11.6 Å². The van der Waals surface area contributed by atoms with Crippen molar-refractivity contribution in [2.45, 2.75) is 6.54 Å². The summed E-state index contributed by atoms with van der Waals surface area (Å²) in [7, 11) is 0. The van der Waals surface area contributed by atoms with E-state index in [9.17, 15) is 4.79 Å². The molecule has 3 aromatic carbocycles. The first-order valence-electron chi connectivity index (χ1n) is 6.74. The summed E-state index contributed by atoms with van der Waals surface area (Å²) in [6.45, 7) is 0.465. The molecule has 0 bridgehead atoms. The Labute approximate surface area is 128 Å². The molecular weight excluding hydrogens is 282 g/mol. The van der Waals surface area contributed by atoms with Gasteiger partial charge < -0.3 is 5.32 Å². The van der Waals surface area contributed by atoms with Crippen LogP contribution in [0.15, 0.2) is 66.7 Å². The van der Waals surface area contributed by atoms with Crippen LogP contribution in [0.5, 0.6) is 0 Å². The van der Waals surface area contributed by atoms with Crippen molar-refractivity contribution >= 4 is 28.3 Å². The maximum Gasteiger partial charge on any atom is 0.251 e. The van der Waals surface area contributed by atoms with Crippen LogP contribution in [0, 0.1) is 0 Å². The fraction of sp³-hybridized carbons (Fsp3) is 0.0556. The summed E-state index contributed by atoms with van der Waals surface area (Å²) in [5.41, 5.74) is 1.65. The average molecular weight is 296 g/mol. The number of halogens is 1. The van der Waals surface area contributed by atoms with Crippen LogP contribution in [0.4, 0.5) is 0 Å². The highest BCUT2D eigenvalue weighted by molar-refractivity contribution is 6.30. The Morgan fingerprint density at radius 1 is 0.905 bits per heavy atom. The fourth-order valence-electron chi connectivity index (χ4n) is 2.26. The lowest BCUT2D eigenvalue weighted by Gasteiger charge is -2.07. The third-order valence-corrected chi connectivity index (χ3v) is 3.59. The first kappa shape index (κ1) is 13.7. The maximum atomic E-state index is 12.2. The van der Waals surface area contributed by atoms with Gasteiger partial charge in [0.05, 0.1) is 0 Å². The highest BCUT2D eigenvalue weighted by Crippen LogP contribution is 2.16. The zero-order chi connectivity index (χ0) is 14.7. The van der Waals surface area contributed by atoms with Gasteiger partial charge in [0.15, 0.2) is 0 Å². The molecule has 1 amide bonds. The molecule has 0 saturated heterocycles. The van der Waals surface area contributed by atoms with Crippen molar-refractivity contribution < 1.29 is 4.79 Å². The minimum absolute atomic E-state index is 0.0827. The SMILES string of the molecule is O=C(NCc1cccc(Cl)c1)c1ccc2ccccc2c1. The Kier molecular flexibility index (Phi) is 3.89. The van der Waals surface area contributed by atoms with Gasteiger partial charge in [-0.15, -0.1) is 0 Å².